The molecule has 0 spiro atoms. The number of hydrogen-bond acceptors (Lipinski definition) is 3. The van der Waals surface area contributed by atoms with E-state index in [1.54, 1.807) is 13.2 Å². The predicted molar refractivity (Wildman–Crippen MR) is 54.2 cm³/mol. The second kappa shape index (κ2) is 4.69. The average molecular weight is 196 g/mol. The van der Waals surface area contributed by atoms with E-state index in [0.717, 1.165) is 0 Å². The molecule has 0 aromatic heterocycles. The third kappa shape index (κ3) is 2.28. The van der Waals surface area contributed by atoms with Gasteiger partial charge < -0.3 is 15.8 Å². The van der Waals surface area contributed by atoms with Crippen LogP contribution in [0.5, 0.6) is 0 Å². The molecule has 1 unspecified atom stereocenters. The molecular formula is C10H16N2O2. The SMILES string of the molecule is CCNC(=O)C1C=CC(N)=C(OC)C1. The summed E-state index contributed by atoms with van der Waals surface area (Å²) in [6, 6.07) is 0. The van der Waals surface area contributed by atoms with Crippen molar-refractivity contribution in [1.82, 2.24) is 5.32 Å². The summed E-state index contributed by atoms with van der Waals surface area (Å²) in [5.41, 5.74) is 6.27. The molecule has 0 radical (unpaired) electrons. The van der Waals surface area contributed by atoms with Crippen LogP contribution in [0.15, 0.2) is 23.6 Å². The van der Waals surface area contributed by atoms with Crippen LogP contribution in [-0.2, 0) is 9.53 Å². The van der Waals surface area contributed by atoms with E-state index in [4.69, 9.17) is 10.5 Å². The molecule has 0 heterocycles. The monoisotopic (exact) mass is 196 g/mol. The zero-order valence-corrected chi connectivity index (χ0v) is 8.54. The number of carbonyl (C=O) groups excluding carboxylic acids is 1. The van der Waals surface area contributed by atoms with Gasteiger partial charge in [-0.3, -0.25) is 4.79 Å². The lowest BCUT2D eigenvalue weighted by atomic mass is 9.97. The van der Waals surface area contributed by atoms with E-state index in [1.165, 1.54) is 0 Å². The Bertz CT molecular complexity index is 282. The van der Waals surface area contributed by atoms with Gasteiger partial charge in [-0.2, -0.15) is 0 Å². The molecule has 1 aliphatic carbocycles. The smallest absolute Gasteiger partial charge is 0.227 e. The molecule has 1 amide bonds. The highest BCUT2D eigenvalue weighted by Gasteiger charge is 2.21. The van der Waals surface area contributed by atoms with Crippen molar-refractivity contribution in [2.75, 3.05) is 13.7 Å². The van der Waals surface area contributed by atoms with Gasteiger partial charge in [0.25, 0.3) is 0 Å². The van der Waals surface area contributed by atoms with Crippen LogP contribution in [0, 0.1) is 5.92 Å². The van der Waals surface area contributed by atoms with Crippen molar-refractivity contribution in [3.05, 3.63) is 23.6 Å². The van der Waals surface area contributed by atoms with E-state index in [-0.39, 0.29) is 11.8 Å². The highest BCUT2D eigenvalue weighted by molar-refractivity contribution is 5.81. The van der Waals surface area contributed by atoms with Gasteiger partial charge in [-0.25, -0.2) is 0 Å². The van der Waals surface area contributed by atoms with Crippen LogP contribution in [-0.4, -0.2) is 19.6 Å². The number of nitrogens with two attached hydrogens (primary N) is 1. The van der Waals surface area contributed by atoms with Crippen LogP contribution >= 0.6 is 0 Å². The Hall–Kier alpha value is -1.45. The first-order valence-electron chi connectivity index (χ1n) is 4.67. The predicted octanol–water partition coefficient (Wildman–Crippen LogP) is 0.515. The highest BCUT2D eigenvalue weighted by Crippen LogP contribution is 2.21. The molecule has 78 valence electrons. The van der Waals surface area contributed by atoms with E-state index >= 15 is 0 Å². The summed E-state index contributed by atoms with van der Waals surface area (Å²) in [6.07, 6.45) is 4.08. The summed E-state index contributed by atoms with van der Waals surface area (Å²) in [5.74, 6) is 0.548. The molecule has 0 aromatic carbocycles. The van der Waals surface area contributed by atoms with Crippen molar-refractivity contribution >= 4 is 5.91 Å². The minimum atomic E-state index is -0.155. The van der Waals surface area contributed by atoms with Crippen LogP contribution in [0.1, 0.15) is 13.3 Å². The van der Waals surface area contributed by atoms with Gasteiger partial charge in [0.15, 0.2) is 0 Å². The van der Waals surface area contributed by atoms with Crippen LogP contribution in [0.4, 0.5) is 0 Å². The molecule has 1 rings (SSSR count). The van der Waals surface area contributed by atoms with Gasteiger partial charge in [0.1, 0.15) is 5.76 Å². The molecule has 4 nitrogen and oxygen atoms in total. The van der Waals surface area contributed by atoms with Gasteiger partial charge in [-0.05, 0) is 13.0 Å². The number of nitrogens with one attached hydrogen (secondary N) is 1. The minimum absolute atomic E-state index is 0.0193. The maximum Gasteiger partial charge on any atom is 0.227 e. The van der Waals surface area contributed by atoms with E-state index in [9.17, 15) is 4.79 Å². The fraction of sp³-hybridized carbons (Fsp3) is 0.500. The number of allylic oxidation sites excluding steroid dienone is 2. The largest absolute Gasteiger partial charge is 0.499 e. The number of ether oxygens (including phenoxy) is 1. The van der Waals surface area contributed by atoms with Crippen molar-refractivity contribution < 1.29 is 9.53 Å². The van der Waals surface area contributed by atoms with E-state index in [2.05, 4.69) is 5.32 Å². The fourth-order valence-corrected chi connectivity index (χ4v) is 1.39. The summed E-state index contributed by atoms with van der Waals surface area (Å²) in [7, 11) is 1.57. The molecule has 4 heteroatoms. The minimum Gasteiger partial charge on any atom is -0.499 e. The molecule has 0 bridgehead atoms. The maximum atomic E-state index is 11.5. The fourth-order valence-electron chi connectivity index (χ4n) is 1.39. The molecule has 0 fully saturated rings. The summed E-state index contributed by atoms with van der Waals surface area (Å²) < 4.78 is 5.09. The first kappa shape index (κ1) is 10.6. The van der Waals surface area contributed by atoms with E-state index in [0.29, 0.717) is 24.4 Å². The third-order valence-corrected chi connectivity index (χ3v) is 2.17. The number of methoxy groups -OCH3 is 1. The molecule has 0 aromatic rings. The molecule has 1 atom stereocenters. The van der Waals surface area contributed by atoms with Crippen LogP contribution < -0.4 is 11.1 Å². The number of rotatable bonds is 3. The van der Waals surface area contributed by atoms with Crippen molar-refractivity contribution in [3.8, 4) is 0 Å². The maximum absolute atomic E-state index is 11.5. The summed E-state index contributed by atoms with van der Waals surface area (Å²) in [6.45, 7) is 2.54. The van der Waals surface area contributed by atoms with Gasteiger partial charge in [-0.15, -0.1) is 0 Å². The molecular weight excluding hydrogens is 180 g/mol. The van der Waals surface area contributed by atoms with Crippen molar-refractivity contribution in [2.45, 2.75) is 13.3 Å². The zero-order chi connectivity index (χ0) is 10.6. The Balaban J connectivity index is 2.64. The van der Waals surface area contributed by atoms with Gasteiger partial charge in [0, 0.05) is 13.0 Å². The van der Waals surface area contributed by atoms with E-state index < -0.39 is 0 Å². The second-order valence-electron chi connectivity index (χ2n) is 3.15. The first-order valence-corrected chi connectivity index (χ1v) is 4.67. The van der Waals surface area contributed by atoms with E-state index in [1.807, 2.05) is 13.0 Å². The van der Waals surface area contributed by atoms with Gasteiger partial charge in [0.05, 0.1) is 18.7 Å². The Labute approximate surface area is 83.8 Å². The summed E-state index contributed by atoms with van der Waals surface area (Å²) in [4.78, 5) is 11.5. The quantitative estimate of drug-likeness (QED) is 0.691. The second-order valence-corrected chi connectivity index (χ2v) is 3.15. The van der Waals surface area contributed by atoms with Crippen molar-refractivity contribution in [2.24, 2.45) is 11.7 Å². The third-order valence-electron chi connectivity index (χ3n) is 2.17. The van der Waals surface area contributed by atoms with Crippen LogP contribution in [0.2, 0.25) is 0 Å². The molecule has 3 N–H and O–H groups in total. The highest BCUT2D eigenvalue weighted by atomic mass is 16.5. The summed E-state index contributed by atoms with van der Waals surface area (Å²) in [5, 5.41) is 2.77. The number of carbonyl (C=O) groups is 1. The van der Waals surface area contributed by atoms with Gasteiger partial charge in [-0.1, -0.05) is 6.08 Å². The van der Waals surface area contributed by atoms with Crippen molar-refractivity contribution in [1.29, 1.82) is 0 Å². The molecule has 14 heavy (non-hydrogen) atoms. The van der Waals surface area contributed by atoms with Crippen LogP contribution in [0.3, 0.4) is 0 Å². The van der Waals surface area contributed by atoms with Crippen molar-refractivity contribution in [3.63, 3.8) is 0 Å². The Morgan fingerprint density at radius 3 is 3.07 bits per heavy atom. The number of amides is 1. The Morgan fingerprint density at radius 1 is 1.79 bits per heavy atom. The summed E-state index contributed by atoms with van der Waals surface area (Å²) >= 11 is 0. The lowest BCUT2D eigenvalue weighted by Gasteiger charge is -2.18. The molecule has 0 saturated carbocycles. The lowest BCUT2D eigenvalue weighted by molar-refractivity contribution is -0.123. The average Bonchev–Trinajstić information content (AvgIpc) is 2.19. The molecule has 0 saturated heterocycles. The molecule has 0 aliphatic heterocycles. The topological polar surface area (TPSA) is 64.4 Å². The van der Waals surface area contributed by atoms with Gasteiger partial charge in [0.2, 0.25) is 5.91 Å². The Morgan fingerprint density at radius 2 is 2.50 bits per heavy atom. The Kier molecular flexibility index (Phi) is 3.56. The normalized spacial score (nSPS) is 20.9. The first-order chi connectivity index (χ1) is 6.69. The van der Waals surface area contributed by atoms with Gasteiger partial charge >= 0.3 is 0 Å². The molecule has 1 aliphatic rings. The standard InChI is InChI=1S/C10H16N2O2/c1-3-12-10(13)7-4-5-8(11)9(6-7)14-2/h4-5,7H,3,6,11H2,1-2H3,(H,12,13). The zero-order valence-electron chi connectivity index (χ0n) is 8.54. The van der Waals surface area contributed by atoms with Crippen LogP contribution in [0.25, 0.3) is 0 Å². The number of hydrogen-bond donors (Lipinski definition) is 2. The lowest BCUT2D eigenvalue weighted by Crippen LogP contribution is -2.31.